The Balaban J connectivity index is 1.45. The van der Waals surface area contributed by atoms with Crippen molar-refractivity contribution in [2.45, 2.75) is 76.3 Å². The summed E-state index contributed by atoms with van der Waals surface area (Å²) >= 11 is 0. The van der Waals surface area contributed by atoms with Crippen LogP contribution in [-0.2, 0) is 50.7 Å². The molecule has 17 heteroatoms. The molecule has 312 valence electrons. The summed E-state index contributed by atoms with van der Waals surface area (Å²) in [7, 11) is -9.47. The number of nitrogens with one attached hydrogen (secondary N) is 1. The number of hydrogen-bond donors (Lipinski definition) is 3. The molecule has 0 unspecified atom stereocenters. The van der Waals surface area contributed by atoms with E-state index in [1.54, 1.807) is 31.2 Å². The van der Waals surface area contributed by atoms with Crippen LogP contribution in [0.4, 0.5) is 41.6 Å². The summed E-state index contributed by atoms with van der Waals surface area (Å²) in [6.45, 7) is 9.52. The summed E-state index contributed by atoms with van der Waals surface area (Å²) in [6, 6.07) is 22.2. The van der Waals surface area contributed by atoms with Gasteiger partial charge in [-0.05, 0) is 113 Å². The lowest BCUT2D eigenvalue weighted by Crippen LogP contribution is -2.30. The number of rotatable bonds is 12. The van der Waals surface area contributed by atoms with Gasteiger partial charge in [0.15, 0.2) is 0 Å². The molecule has 0 atom stereocenters. The van der Waals surface area contributed by atoms with E-state index in [4.69, 9.17) is 0 Å². The van der Waals surface area contributed by atoms with E-state index in [1.807, 2.05) is 57.3 Å². The molecule has 0 radical (unpaired) electrons. The van der Waals surface area contributed by atoms with Crippen molar-refractivity contribution in [1.82, 2.24) is 0 Å². The van der Waals surface area contributed by atoms with Gasteiger partial charge in [-0.1, -0.05) is 76.2 Å². The Morgan fingerprint density at radius 3 is 1.35 bits per heavy atom. The minimum atomic E-state index is -5.28. The molecule has 0 saturated heterocycles. The van der Waals surface area contributed by atoms with E-state index in [9.17, 15) is 43.9 Å². The quantitative estimate of drug-likeness (QED) is 0.0806. The highest BCUT2D eigenvalue weighted by Gasteiger charge is 2.39. The smallest absolute Gasteiger partial charge is 0.316 e. The van der Waals surface area contributed by atoms with Crippen LogP contribution in [0.25, 0.3) is 32.7 Å². The zero-order chi connectivity index (χ0) is 43.7. The molecule has 3 N–H and O–H groups in total. The zero-order valence-corrected chi connectivity index (χ0v) is 34.7. The van der Waals surface area contributed by atoms with Crippen molar-refractivity contribution in [1.29, 1.82) is 0 Å². The number of nitrogens with zero attached hydrogens (tertiary/aromatic N) is 4. The number of amides is 1. The second kappa shape index (κ2) is 17.0. The molecule has 12 nitrogen and oxygen atoms in total. The number of halogens is 3. The Morgan fingerprint density at radius 1 is 0.583 bits per heavy atom. The Hall–Kier alpha value is -5.88. The first kappa shape index (κ1) is 43.7. The maximum Gasteiger partial charge on any atom is 0.471 e. The van der Waals surface area contributed by atoms with Crippen LogP contribution >= 0.6 is 0 Å². The minimum absolute atomic E-state index is 0.113. The molecule has 6 rings (SSSR count). The topological polar surface area (TPSA) is 187 Å². The third kappa shape index (κ3) is 8.84. The van der Waals surface area contributed by atoms with Crippen molar-refractivity contribution in [2.75, 3.05) is 5.32 Å². The van der Waals surface area contributed by atoms with Gasteiger partial charge in [-0.25, -0.2) is 0 Å². The first-order chi connectivity index (χ1) is 28.3. The normalized spacial score (nSPS) is 12.6. The number of aryl methyl sites for hydroxylation is 5. The van der Waals surface area contributed by atoms with Gasteiger partial charge in [0.05, 0.1) is 22.7 Å². The highest BCUT2D eigenvalue weighted by atomic mass is 32.2. The maximum atomic E-state index is 13.5. The monoisotopic (exact) mass is 859 g/mol. The minimum Gasteiger partial charge on any atom is -0.316 e. The lowest BCUT2D eigenvalue weighted by atomic mass is 9.92. The van der Waals surface area contributed by atoms with Gasteiger partial charge in [0.1, 0.15) is 15.5 Å². The van der Waals surface area contributed by atoms with Crippen molar-refractivity contribution in [3.63, 3.8) is 0 Å². The van der Waals surface area contributed by atoms with Gasteiger partial charge in [0.2, 0.25) is 0 Å². The first-order valence-corrected chi connectivity index (χ1v) is 21.7. The van der Waals surface area contributed by atoms with Crippen LogP contribution in [0, 0.1) is 6.92 Å². The largest absolute Gasteiger partial charge is 0.471 e. The fraction of sp³-hybridized carbons (Fsp3) is 0.233. The molecule has 0 saturated carbocycles. The molecule has 0 heterocycles. The summed E-state index contributed by atoms with van der Waals surface area (Å²) in [5.74, 6) is -2.31. The molecular formula is C43H40F3N5O7S2. The van der Waals surface area contributed by atoms with E-state index in [-0.39, 0.29) is 21.4 Å². The molecule has 0 spiro atoms. The van der Waals surface area contributed by atoms with Crippen LogP contribution in [0.3, 0.4) is 0 Å². The van der Waals surface area contributed by atoms with Gasteiger partial charge in [0, 0.05) is 16.2 Å². The Kier molecular flexibility index (Phi) is 12.4. The molecule has 6 aromatic rings. The van der Waals surface area contributed by atoms with Gasteiger partial charge in [0.25, 0.3) is 20.2 Å². The molecule has 0 aliphatic carbocycles. The van der Waals surface area contributed by atoms with Gasteiger partial charge >= 0.3 is 12.1 Å². The van der Waals surface area contributed by atoms with Gasteiger partial charge < -0.3 is 5.32 Å². The number of benzene rings is 6. The van der Waals surface area contributed by atoms with E-state index < -0.39 is 48.6 Å². The van der Waals surface area contributed by atoms with Gasteiger partial charge in [-0.3, -0.25) is 13.9 Å². The Morgan fingerprint density at radius 2 is 0.950 bits per heavy atom. The molecular weight excluding hydrogens is 820 g/mol. The molecule has 60 heavy (non-hydrogen) atoms. The fourth-order valence-corrected chi connectivity index (χ4v) is 8.56. The second-order valence-corrected chi connectivity index (χ2v) is 16.7. The Labute approximate surface area is 344 Å². The van der Waals surface area contributed by atoms with Crippen LogP contribution in [0.1, 0.15) is 55.5 Å². The third-order valence-electron chi connectivity index (χ3n) is 10.2. The fourth-order valence-electron chi connectivity index (χ4n) is 7.12. The van der Waals surface area contributed by atoms with Crippen molar-refractivity contribution >= 4 is 76.1 Å². The van der Waals surface area contributed by atoms with E-state index in [0.717, 1.165) is 28.3 Å². The van der Waals surface area contributed by atoms with Crippen molar-refractivity contribution < 1.29 is 43.9 Å². The van der Waals surface area contributed by atoms with E-state index in [1.165, 1.54) is 30.3 Å². The number of azo groups is 2. The standard InChI is InChI=1S/C43H40F3N5O7S2/c1-6-25-18-29(19-26(7-2)39(25)50-48-35-22-37(59(53,54)55)32-15-11-10-14-31(32)24(35)5)30-20-27(8-3)40(28(9-4)21-30)51-49-36-23-38(60(56,57)58)33-16-12-13-17-34(33)41(36)47-42(52)43(44,45)46/h10-23H,6-9H2,1-5H3,(H,47,52)(H,53,54,55)(H,56,57,58). The third-order valence-corrected chi connectivity index (χ3v) is 12.0. The van der Waals surface area contributed by atoms with Gasteiger partial charge in [-0.15, -0.1) is 15.3 Å². The second-order valence-electron chi connectivity index (χ2n) is 13.9. The predicted octanol–water partition coefficient (Wildman–Crippen LogP) is 12.0. The summed E-state index contributed by atoms with van der Waals surface area (Å²) in [6.07, 6.45) is -3.24. The van der Waals surface area contributed by atoms with Crippen LogP contribution in [0.2, 0.25) is 0 Å². The average molecular weight is 860 g/mol. The number of hydrogen-bond acceptors (Lipinski definition) is 9. The number of carbonyl (C=O) groups excluding carboxylic acids is 1. The number of carbonyl (C=O) groups is 1. The van der Waals surface area contributed by atoms with Gasteiger partial charge in [-0.2, -0.15) is 35.1 Å². The number of fused-ring (bicyclic) bond motifs is 2. The maximum absolute atomic E-state index is 13.5. The summed E-state index contributed by atoms with van der Waals surface area (Å²) in [4.78, 5) is 11.3. The summed E-state index contributed by atoms with van der Waals surface area (Å²) in [5, 5.41) is 20.3. The lowest BCUT2D eigenvalue weighted by molar-refractivity contribution is -0.167. The zero-order valence-electron chi connectivity index (χ0n) is 33.1. The van der Waals surface area contributed by atoms with E-state index in [2.05, 4.69) is 20.5 Å². The molecule has 6 aromatic carbocycles. The van der Waals surface area contributed by atoms with Crippen molar-refractivity contribution in [2.24, 2.45) is 20.5 Å². The molecule has 0 aliphatic heterocycles. The number of anilines is 1. The van der Waals surface area contributed by atoms with E-state index in [0.29, 0.717) is 64.5 Å². The van der Waals surface area contributed by atoms with Crippen LogP contribution in [-0.4, -0.2) is 38.0 Å². The van der Waals surface area contributed by atoms with E-state index >= 15 is 0 Å². The Bertz CT molecular complexity index is 2940. The molecule has 0 aliphatic rings. The van der Waals surface area contributed by atoms with Crippen LogP contribution in [0.5, 0.6) is 0 Å². The number of alkyl halides is 3. The summed E-state index contributed by atoms with van der Waals surface area (Å²) in [5.41, 5.74) is 5.96. The lowest BCUT2D eigenvalue weighted by Gasteiger charge is -2.16. The van der Waals surface area contributed by atoms with Crippen LogP contribution in [0.15, 0.2) is 115 Å². The van der Waals surface area contributed by atoms with Crippen LogP contribution < -0.4 is 5.32 Å². The first-order valence-electron chi connectivity index (χ1n) is 18.9. The predicted molar refractivity (Wildman–Crippen MR) is 225 cm³/mol. The van der Waals surface area contributed by atoms with Crippen molar-refractivity contribution in [3.8, 4) is 11.1 Å². The molecule has 1 amide bonds. The SMILES string of the molecule is CCc1cc(-c2cc(CC)c(N=Nc3cc(S(=O)(=O)O)c4ccccc4c3NC(=O)C(F)(F)F)c(CC)c2)cc(CC)c1N=Nc1cc(S(=O)(=O)O)c2ccccc2c1C. The highest BCUT2D eigenvalue weighted by Crippen LogP contribution is 2.42. The highest BCUT2D eigenvalue weighted by molar-refractivity contribution is 7.86. The molecule has 0 fully saturated rings. The average Bonchev–Trinajstić information content (AvgIpc) is 3.21. The summed E-state index contributed by atoms with van der Waals surface area (Å²) < 4.78 is 110. The molecule has 0 aromatic heterocycles. The van der Waals surface area contributed by atoms with Crippen molar-refractivity contribution in [3.05, 3.63) is 113 Å². The molecule has 0 bridgehead atoms.